The molecule has 3 rings (SSSR count). The Bertz CT molecular complexity index is 597. The van der Waals surface area contributed by atoms with Crippen LogP contribution in [0.4, 0.5) is 5.69 Å². The predicted molar refractivity (Wildman–Crippen MR) is 87.8 cm³/mol. The lowest BCUT2D eigenvalue weighted by Crippen LogP contribution is -2.19. The van der Waals surface area contributed by atoms with Crippen molar-refractivity contribution in [1.82, 2.24) is 0 Å². The van der Waals surface area contributed by atoms with Crippen LogP contribution >= 0.6 is 27.7 Å². The zero-order valence-electron chi connectivity index (χ0n) is 10.8. The highest BCUT2D eigenvalue weighted by Gasteiger charge is 2.20. The SMILES string of the molecule is Cc1cc(Br)ccc1NC1CSCc2ccccc21. The molecule has 1 aliphatic heterocycles. The molecule has 0 aromatic heterocycles. The smallest absolute Gasteiger partial charge is 0.0607 e. The van der Waals surface area contributed by atoms with Gasteiger partial charge < -0.3 is 5.32 Å². The first-order chi connectivity index (χ1) is 9.24. The Balaban J connectivity index is 1.88. The van der Waals surface area contributed by atoms with Crippen LogP contribution in [0.2, 0.25) is 0 Å². The van der Waals surface area contributed by atoms with E-state index < -0.39 is 0 Å². The maximum absolute atomic E-state index is 3.69. The van der Waals surface area contributed by atoms with Crippen LogP contribution in [0.3, 0.4) is 0 Å². The molecule has 1 heterocycles. The molecule has 19 heavy (non-hydrogen) atoms. The molecule has 1 unspecified atom stereocenters. The zero-order chi connectivity index (χ0) is 13.2. The zero-order valence-corrected chi connectivity index (χ0v) is 13.2. The van der Waals surface area contributed by atoms with E-state index in [1.165, 1.54) is 22.4 Å². The monoisotopic (exact) mass is 333 g/mol. The highest BCUT2D eigenvalue weighted by atomic mass is 79.9. The summed E-state index contributed by atoms with van der Waals surface area (Å²) in [5, 5.41) is 3.69. The van der Waals surface area contributed by atoms with Crippen LogP contribution in [0.1, 0.15) is 22.7 Å². The van der Waals surface area contributed by atoms with Crippen molar-refractivity contribution in [3.05, 3.63) is 63.6 Å². The molecular weight excluding hydrogens is 318 g/mol. The molecule has 98 valence electrons. The number of benzene rings is 2. The number of nitrogens with one attached hydrogen (secondary N) is 1. The molecule has 1 aliphatic rings. The van der Waals surface area contributed by atoms with E-state index >= 15 is 0 Å². The topological polar surface area (TPSA) is 12.0 Å². The molecule has 0 bridgehead atoms. The minimum absolute atomic E-state index is 0.412. The fourth-order valence-electron chi connectivity index (χ4n) is 2.48. The molecule has 0 saturated heterocycles. The van der Waals surface area contributed by atoms with Gasteiger partial charge >= 0.3 is 0 Å². The summed E-state index contributed by atoms with van der Waals surface area (Å²) in [6.07, 6.45) is 0. The third-order valence-electron chi connectivity index (χ3n) is 3.49. The average molecular weight is 334 g/mol. The molecule has 0 aliphatic carbocycles. The molecule has 2 aromatic rings. The highest BCUT2D eigenvalue weighted by Crippen LogP contribution is 2.34. The maximum Gasteiger partial charge on any atom is 0.0607 e. The van der Waals surface area contributed by atoms with Gasteiger partial charge in [-0.15, -0.1) is 0 Å². The number of aryl methyl sites for hydroxylation is 1. The van der Waals surface area contributed by atoms with Gasteiger partial charge in [0.2, 0.25) is 0 Å². The molecule has 0 spiro atoms. The van der Waals surface area contributed by atoms with Crippen molar-refractivity contribution in [1.29, 1.82) is 0 Å². The molecule has 0 fully saturated rings. The van der Waals surface area contributed by atoms with Crippen molar-refractivity contribution in [2.75, 3.05) is 11.1 Å². The van der Waals surface area contributed by atoms with Crippen molar-refractivity contribution in [2.24, 2.45) is 0 Å². The molecular formula is C16H16BrNS. The normalized spacial score (nSPS) is 17.9. The van der Waals surface area contributed by atoms with E-state index in [4.69, 9.17) is 0 Å². The van der Waals surface area contributed by atoms with Gasteiger partial charge in [-0.05, 0) is 41.8 Å². The molecule has 1 nitrogen and oxygen atoms in total. The molecule has 0 radical (unpaired) electrons. The Hall–Kier alpha value is -0.930. The van der Waals surface area contributed by atoms with Gasteiger partial charge in [-0.25, -0.2) is 0 Å². The Labute approximate surface area is 126 Å². The van der Waals surface area contributed by atoms with E-state index in [-0.39, 0.29) is 0 Å². The van der Waals surface area contributed by atoms with Crippen LogP contribution in [0.15, 0.2) is 46.9 Å². The van der Waals surface area contributed by atoms with Gasteiger partial charge in [-0.3, -0.25) is 0 Å². The van der Waals surface area contributed by atoms with Crippen LogP contribution < -0.4 is 5.32 Å². The van der Waals surface area contributed by atoms with Crippen LogP contribution in [0.25, 0.3) is 0 Å². The lowest BCUT2D eigenvalue weighted by molar-refractivity contribution is 0.869. The number of halogens is 1. The summed E-state index contributed by atoms with van der Waals surface area (Å²) in [6, 6.07) is 15.6. The Morgan fingerprint density at radius 2 is 2.05 bits per heavy atom. The molecule has 1 atom stereocenters. The first kappa shape index (κ1) is 13.1. The van der Waals surface area contributed by atoms with E-state index in [1.807, 2.05) is 11.8 Å². The lowest BCUT2D eigenvalue weighted by atomic mass is 10.0. The summed E-state index contributed by atoms with van der Waals surface area (Å²) in [4.78, 5) is 0. The second kappa shape index (κ2) is 5.59. The largest absolute Gasteiger partial charge is 0.377 e. The summed E-state index contributed by atoms with van der Waals surface area (Å²) in [5.41, 5.74) is 5.42. The van der Waals surface area contributed by atoms with Crippen molar-refractivity contribution in [3.63, 3.8) is 0 Å². The number of rotatable bonds is 2. The average Bonchev–Trinajstić information content (AvgIpc) is 2.42. The highest BCUT2D eigenvalue weighted by molar-refractivity contribution is 9.10. The lowest BCUT2D eigenvalue weighted by Gasteiger charge is -2.27. The number of thioether (sulfide) groups is 1. The molecule has 3 heteroatoms. The van der Waals surface area contributed by atoms with E-state index in [1.54, 1.807) is 0 Å². The maximum atomic E-state index is 3.69. The molecule has 0 saturated carbocycles. The Morgan fingerprint density at radius 3 is 2.89 bits per heavy atom. The number of fused-ring (bicyclic) bond motifs is 1. The van der Waals surface area contributed by atoms with Crippen LogP contribution in [0.5, 0.6) is 0 Å². The standard InChI is InChI=1S/C16H16BrNS/c1-11-8-13(17)6-7-15(11)18-16-10-19-9-12-4-2-3-5-14(12)16/h2-8,16,18H,9-10H2,1H3. The van der Waals surface area contributed by atoms with E-state index in [0.29, 0.717) is 6.04 Å². The fourth-order valence-corrected chi connectivity index (χ4v) is 4.05. The van der Waals surface area contributed by atoms with Crippen LogP contribution in [-0.2, 0) is 5.75 Å². The van der Waals surface area contributed by atoms with Crippen molar-refractivity contribution in [2.45, 2.75) is 18.7 Å². The first-order valence-corrected chi connectivity index (χ1v) is 8.37. The molecule has 1 N–H and O–H groups in total. The third kappa shape index (κ3) is 2.82. The third-order valence-corrected chi connectivity index (χ3v) is 5.07. The number of hydrogen-bond acceptors (Lipinski definition) is 2. The summed E-state index contributed by atoms with van der Waals surface area (Å²) in [7, 11) is 0. The number of anilines is 1. The summed E-state index contributed by atoms with van der Waals surface area (Å²) >= 11 is 5.52. The van der Waals surface area contributed by atoms with Gasteiger partial charge in [0.15, 0.2) is 0 Å². The first-order valence-electron chi connectivity index (χ1n) is 6.42. The predicted octanol–water partition coefficient (Wildman–Crippen LogP) is 5.16. The van der Waals surface area contributed by atoms with Gasteiger partial charge in [0.1, 0.15) is 0 Å². The van der Waals surface area contributed by atoms with Gasteiger partial charge in [0, 0.05) is 21.7 Å². The van der Waals surface area contributed by atoms with Crippen LogP contribution in [0, 0.1) is 6.92 Å². The second-order valence-electron chi connectivity index (χ2n) is 4.87. The van der Waals surface area contributed by atoms with Gasteiger partial charge in [-0.1, -0.05) is 40.2 Å². The fraction of sp³-hybridized carbons (Fsp3) is 0.250. The summed E-state index contributed by atoms with van der Waals surface area (Å²) in [6.45, 7) is 2.15. The van der Waals surface area contributed by atoms with Gasteiger partial charge in [-0.2, -0.15) is 11.8 Å². The second-order valence-corrected chi connectivity index (χ2v) is 6.82. The van der Waals surface area contributed by atoms with Gasteiger partial charge in [0.05, 0.1) is 6.04 Å². The summed E-state index contributed by atoms with van der Waals surface area (Å²) < 4.78 is 1.13. The Kier molecular flexibility index (Phi) is 3.85. The minimum atomic E-state index is 0.412. The van der Waals surface area contributed by atoms with Crippen molar-refractivity contribution < 1.29 is 0 Å². The molecule has 0 amide bonds. The van der Waals surface area contributed by atoms with E-state index in [2.05, 4.69) is 70.6 Å². The quantitative estimate of drug-likeness (QED) is 0.814. The van der Waals surface area contributed by atoms with Gasteiger partial charge in [0.25, 0.3) is 0 Å². The molecule has 2 aromatic carbocycles. The van der Waals surface area contributed by atoms with E-state index in [0.717, 1.165) is 16.0 Å². The Morgan fingerprint density at radius 1 is 1.21 bits per heavy atom. The number of hydrogen-bond donors (Lipinski definition) is 1. The van der Waals surface area contributed by atoms with Crippen molar-refractivity contribution in [3.8, 4) is 0 Å². The summed E-state index contributed by atoms with van der Waals surface area (Å²) in [5.74, 6) is 2.26. The van der Waals surface area contributed by atoms with Crippen LogP contribution in [-0.4, -0.2) is 5.75 Å². The van der Waals surface area contributed by atoms with E-state index in [9.17, 15) is 0 Å². The van der Waals surface area contributed by atoms with Crippen molar-refractivity contribution >= 4 is 33.4 Å². The minimum Gasteiger partial charge on any atom is -0.377 e.